The lowest BCUT2D eigenvalue weighted by Crippen LogP contribution is -2.04. The lowest BCUT2D eigenvalue weighted by Gasteiger charge is -2.15. The Hall–Kier alpha value is -2.23. The van der Waals surface area contributed by atoms with Crippen LogP contribution in [0.3, 0.4) is 0 Å². The first-order valence-corrected chi connectivity index (χ1v) is 8.27. The van der Waals surface area contributed by atoms with Gasteiger partial charge in [-0.1, -0.05) is 60.7 Å². The zero-order valence-corrected chi connectivity index (χ0v) is 15.2. The summed E-state index contributed by atoms with van der Waals surface area (Å²) in [6.07, 6.45) is 1.69. The van der Waals surface area contributed by atoms with Gasteiger partial charge in [0.25, 0.3) is 0 Å². The zero-order chi connectivity index (χ0) is 16.6. The molecule has 1 aromatic heterocycles. The lowest BCUT2D eigenvalue weighted by molar-refractivity contribution is 0.253. The summed E-state index contributed by atoms with van der Waals surface area (Å²) in [6, 6.07) is 21.8. The summed E-state index contributed by atoms with van der Waals surface area (Å²) in [6.45, 7) is 0.909. The van der Waals surface area contributed by atoms with Gasteiger partial charge >= 0.3 is 0 Å². The van der Waals surface area contributed by atoms with E-state index in [1.54, 1.807) is 12.3 Å². The average Bonchev–Trinajstić information content (AvgIpc) is 2.66. The Bertz CT molecular complexity index is 767. The second-order valence-corrected chi connectivity index (χ2v) is 5.53. The molecule has 130 valence electrons. The Labute approximate surface area is 159 Å². The van der Waals surface area contributed by atoms with Gasteiger partial charge in [0.1, 0.15) is 18.9 Å². The maximum atomic E-state index is 6.00. The third-order valence-electron chi connectivity index (χ3n) is 3.53. The number of hydrogen-bond acceptors (Lipinski definition) is 3. The van der Waals surface area contributed by atoms with E-state index >= 15 is 0 Å². The number of alkyl halides is 1. The maximum Gasteiger partial charge on any atom is 0.184 e. The van der Waals surface area contributed by atoms with Crippen LogP contribution < -0.4 is 9.47 Å². The molecule has 25 heavy (non-hydrogen) atoms. The van der Waals surface area contributed by atoms with Crippen LogP contribution in [0.5, 0.6) is 11.5 Å². The fraction of sp³-hybridized carbons (Fsp3) is 0.150. The highest BCUT2D eigenvalue weighted by molar-refractivity contribution is 6.17. The van der Waals surface area contributed by atoms with Gasteiger partial charge < -0.3 is 9.47 Å². The van der Waals surface area contributed by atoms with Gasteiger partial charge in [-0.2, -0.15) is 0 Å². The second kappa shape index (κ2) is 9.92. The van der Waals surface area contributed by atoms with Crippen LogP contribution in [-0.2, 0) is 19.1 Å². The van der Waals surface area contributed by atoms with Crippen LogP contribution in [0.15, 0.2) is 72.9 Å². The minimum atomic E-state index is 0. The van der Waals surface area contributed by atoms with E-state index in [0.29, 0.717) is 30.4 Å². The minimum Gasteiger partial charge on any atom is -0.485 e. The molecular weight excluding hydrogens is 357 g/mol. The molecule has 1 heterocycles. The van der Waals surface area contributed by atoms with Crippen molar-refractivity contribution < 1.29 is 9.47 Å². The molecule has 0 N–H and O–H groups in total. The second-order valence-electron chi connectivity index (χ2n) is 5.27. The molecule has 0 unspecified atom stereocenters. The van der Waals surface area contributed by atoms with Gasteiger partial charge in [0.2, 0.25) is 0 Å². The standard InChI is InChI=1S/C20H18ClNO2.ClH/c21-13-18-20(24-15-17-9-5-2-6-10-17)19(11-12-22-18)23-14-16-7-3-1-4-8-16;/h1-12H,13-15H2;1H. The van der Waals surface area contributed by atoms with Gasteiger partial charge in [0.15, 0.2) is 11.5 Å². The molecule has 0 bridgehead atoms. The molecule has 0 spiro atoms. The van der Waals surface area contributed by atoms with Crippen molar-refractivity contribution in [3.8, 4) is 11.5 Å². The van der Waals surface area contributed by atoms with Crippen molar-refractivity contribution in [1.29, 1.82) is 0 Å². The molecule has 0 saturated carbocycles. The van der Waals surface area contributed by atoms with Crippen LogP contribution in [0.1, 0.15) is 16.8 Å². The quantitative estimate of drug-likeness (QED) is 0.518. The first-order chi connectivity index (χ1) is 11.9. The van der Waals surface area contributed by atoms with Crippen LogP contribution in [0, 0.1) is 0 Å². The summed E-state index contributed by atoms with van der Waals surface area (Å²) in [5.41, 5.74) is 2.85. The molecular formula is C20H19Cl2NO2. The molecule has 0 aliphatic heterocycles. The van der Waals surface area contributed by atoms with Crippen LogP contribution in [0.4, 0.5) is 0 Å². The monoisotopic (exact) mass is 375 g/mol. The van der Waals surface area contributed by atoms with E-state index in [0.717, 1.165) is 11.1 Å². The third kappa shape index (κ3) is 5.38. The molecule has 5 heteroatoms. The molecule has 0 radical (unpaired) electrons. The molecule has 3 nitrogen and oxygen atoms in total. The highest BCUT2D eigenvalue weighted by Crippen LogP contribution is 2.32. The molecule has 0 fully saturated rings. The Kier molecular flexibility index (Phi) is 7.58. The Morgan fingerprint density at radius 1 is 0.760 bits per heavy atom. The predicted molar refractivity (Wildman–Crippen MR) is 103 cm³/mol. The summed E-state index contributed by atoms with van der Waals surface area (Å²) in [5.74, 6) is 1.53. The van der Waals surface area contributed by atoms with Crippen molar-refractivity contribution in [3.63, 3.8) is 0 Å². The van der Waals surface area contributed by atoms with Crippen LogP contribution in [0.2, 0.25) is 0 Å². The van der Waals surface area contributed by atoms with E-state index in [1.807, 2.05) is 60.7 Å². The number of rotatable bonds is 7. The van der Waals surface area contributed by atoms with Crippen LogP contribution in [0.25, 0.3) is 0 Å². The highest BCUT2D eigenvalue weighted by atomic mass is 35.5. The van der Waals surface area contributed by atoms with Crippen molar-refractivity contribution in [2.24, 2.45) is 0 Å². The van der Waals surface area contributed by atoms with E-state index in [9.17, 15) is 0 Å². The Morgan fingerprint density at radius 3 is 1.88 bits per heavy atom. The van der Waals surface area contributed by atoms with Gasteiger partial charge in [-0.3, -0.25) is 4.98 Å². The lowest BCUT2D eigenvalue weighted by atomic mass is 10.2. The first kappa shape index (κ1) is 19.1. The zero-order valence-electron chi connectivity index (χ0n) is 13.6. The number of nitrogens with zero attached hydrogens (tertiary/aromatic N) is 1. The summed E-state index contributed by atoms with van der Waals surface area (Å²) in [5, 5.41) is 0. The summed E-state index contributed by atoms with van der Waals surface area (Å²) < 4.78 is 11.9. The highest BCUT2D eigenvalue weighted by Gasteiger charge is 2.12. The molecule has 0 amide bonds. The number of ether oxygens (including phenoxy) is 2. The maximum absolute atomic E-state index is 6.00. The largest absolute Gasteiger partial charge is 0.485 e. The molecule has 0 saturated heterocycles. The Morgan fingerprint density at radius 2 is 1.32 bits per heavy atom. The minimum absolute atomic E-state index is 0. The van der Waals surface area contributed by atoms with Crippen molar-refractivity contribution >= 4 is 24.0 Å². The predicted octanol–water partition coefficient (Wildman–Crippen LogP) is 5.40. The fourth-order valence-electron chi connectivity index (χ4n) is 2.30. The van der Waals surface area contributed by atoms with Gasteiger partial charge in [-0.25, -0.2) is 0 Å². The molecule has 3 rings (SSSR count). The molecule has 0 aliphatic rings. The molecule has 3 aromatic rings. The number of hydrogen-bond donors (Lipinski definition) is 0. The topological polar surface area (TPSA) is 31.4 Å². The van der Waals surface area contributed by atoms with Gasteiger partial charge in [-0.15, -0.1) is 24.0 Å². The van der Waals surface area contributed by atoms with Crippen molar-refractivity contribution in [2.75, 3.05) is 0 Å². The van der Waals surface area contributed by atoms with E-state index in [2.05, 4.69) is 4.98 Å². The average molecular weight is 376 g/mol. The summed E-state index contributed by atoms with van der Waals surface area (Å²) >= 11 is 6.00. The van der Waals surface area contributed by atoms with Gasteiger partial charge in [0, 0.05) is 12.3 Å². The first-order valence-electron chi connectivity index (χ1n) is 7.74. The van der Waals surface area contributed by atoms with Gasteiger partial charge in [-0.05, 0) is 11.1 Å². The SMILES string of the molecule is Cl.ClCc1nccc(OCc2ccccc2)c1OCc1ccccc1. The van der Waals surface area contributed by atoms with Crippen LogP contribution >= 0.6 is 24.0 Å². The fourth-order valence-corrected chi connectivity index (χ4v) is 2.49. The number of aromatic nitrogens is 1. The van der Waals surface area contributed by atoms with Crippen molar-refractivity contribution in [3.05, 3.63) is 89.7 Å². The Balaban J connectivity index is 0.00000225. The van der Waals surface area contributed by atoms with E-state index < -0.39 is 0 Å². The van der Waals surface area contributed by atoms with E-state index in [-0.39, 0.29) is 18.3 Å². The smallest absolute Gasteiger partial charge is 0.184 e. The number of benzene rings is 2. The van der Waals surface area contributed by atoms with E-state index in [1.165, 1.54) is 0 Å². The molecule has 2 aromatic carbocycles. The van der Waals surface area contributed by atoms with Gasteiger partial charge in [0.05, 0.1) is 5.88 Å². The molecule has 0 atom stereocenters. The normalized spacial score (nSPS) is 9.96. The van der Waals surface area contributed by atoms with E-state index in [4.69, 9.17) is 21.1 Å². The number of pyridine rings is 1. The third-order valence-corrected chi connectivity index (χ3v) is 3.79. The van der Waals surface area contributed by atoms with Crippen LogP contribution in [-0.4, -0.2) is 4.98 Å². The van der Waals surface area contributed by atoms with Crippen molar-refractivity contribution in [1.82, 2.24) is 4.98 Å². The summed E-state index contributed by atoms with van der Waals surface area (Å²) in [7, 11) is 0. The molecule has 0 aliphatic carbocycles. The van der Waals surface area contributed by atoms with Crippen molar-refractivity contribution in [2.45, 2.75) is 19.1 Å². The summed E-state index contributed by atoms with van der Waals surface area (Å²) in [4.78, 5) is 4.29. The number of halogens is 2.